The fourth-order valence-electron chi connectivity index (χ4n) is 4.30. The van der Waals surface area contributed by atoms with E-state index in [0.717, 1.165) is 10.6 Å². The van der Waals surface area contributed by atoms with Gasteiger partial charge in [0.1, 0.15) is 10.0 Å². The maximum absolute atomic E-state index is 11.4. The van der Waals surface area contributed by atoms with Crippen LogP contribution in [0.1, 0.15) is 72.9 Å². The maximum atomic E-state index is 11.4. The number of rotatable bonds is 4. The number of hydrogen-bond acceptors (Lipinski definition) is 5. The van der Waals surface area contributed by atoms with E-state index in [2.05, 4.69) is 24.0 Å². The molecule has 0 amide bonds. The van der Waals surface area contributed by atoms with Crippen molar-refractivity contribution in [2.45, 2.75) is 62.2 Å². The number of primary sulfonamides is 1. The molecule has 0 aliphatic heterocycles. The zero-order valence-electron chi connectivity index (χ0n) is 14.5. The molecule has 2 aliphatic rings. The van der Waals surface area contributed by atoms with Crippen LogP contribution in [-0.4, -0.2) is 18.6 Å². The number of nitrogens with two attached hydrogens (primary N) is 1. The van der Waals surface area contributed by atoms with Gasteiger partial charge in [-0.15, -0.1) is 21.5 Å². The summed E-state index contributed by atoms with van der Waals surface area (Å²) in [6.45, 7) is 4.49. The average molecular weight is 378 g/mol. The lowest BCUT2D eigenvalue weighted by Crippen LogP contribution is -2.11. The van der Waals surface area contributed by atoms with Crippen molar-refractivity contribution in [1.29, 1.82) is 0 Å². The summed E-state index contributed by atoms with van der Waals surface area (Å²) in [6, 6.07) is 6.95. The highest BCUT2D eigenvalue weighted by Crippen LogP contribution is 2.70. The summed E-state index contributed by atoms with van der Waals surface area (Å²) < 4.78 is 22.9. The molecule has 5 nitrogen and oxygen atoms in total. The Morgan fingerprint density at radius 3 is 2.24 bits per heavy atom. The van der Waals surface area contributed by atoms with E-state index in [-0.39, 0.29) is 10.3 Å². The van der Waals surface area contributed by atoms with Crippen LogP contribution in [0.3, 0.4) is 0 Å². The van der Waals surface area contributed by atoms with Crippen LogP contribution in [0.4, 0.5) is 0 Å². The minimum Gasteiger partial charge on any atom is -0.225 e. The molecule has 2 aliphatic carbocycles. The first-order valence-electron chi connectivity index (χ1n) is 8.74. The van der Waals surface area contributed by atoms with Crippen molar-refractivity contribution >= 4 is 21.4 Å². The summed E-state index contributed by atoms with van der Waals surface area (Å²) >= 11 is 1.77. The van der Waals surface area contributed by atoms with Crippen LogP contribution in [0.5, 0.6) is 0 Å². The first-order chi connectivity index (χ1) is 11.8. The third-order valence-corrected chi connectivity index (χ3v) is 7.92. The minimum absolute atomic E-state index is 0.107. The van der Waals surface area contributed by atoms with Gasteiger partial charge >= 0.3 is 0 Å². The highest BCUT2D eigenvalue weighted by atomic mass is 32.2. The Balaban J connectivity index is 1.57. The molecule has 0 bridgehead atoms. The standard InChI is InChI=1S/C18H23N3O2S2/c1-18(2)14(11-7-9-13(10-8-11)25(19,22)23)15(18)17-21-20-16(24-17)12-5-3-4-6-12/h7-10,12,14-15H,3-6H2,1-2H3,(H2,19,22,23)/t14-,15+/m0/s1. The molecule has 0 radical (unpaired) electrons. The summed E-state index contributed by atoms with van der Waals surface area (Å²) in [4.78, 5) is 0.158. The molecule has 2 saturated carbocycles. The molecule has 4 rings (SSSR count). The lowest BCUT2D eigenvalue weighted by Gasteiger charge is -2.04. The van der Waals surface area contributed by atoms with Crippen LogP contribution in [0.25, 0.3) is 0 Å². The van der Waals surface area contributed by atoms with E-state index in [1.165, 1.54) is 30.7 Å². The van der Waals surface area contributed by atoms with Crippen LogP contribution >= 0.6 is 11.3 Å². The second-order valence-electron chi connectivity index (χ2n) is 7.85. The Bertz CT molecular complexity index is 881. The Hall–Kier alpha value is -1.31. The third-order valence-electron chi connectivity index (χ3n) is 5.82. The Morgan fingerprint density at radius 1 is 1.04 bits per heavy atom. The summed E-state index contributed by atoms with van der Waals surface area (Å²) in [5.74, 6) is 1.28. The van der Waals surface area contributed by atoms with Crippen molar-refractivity contribution < 1.29 is 8.42 Å². The fraction of sp³-hybridized carbons (Fsp3) is 0.556. The number of hydrogen-bond donors (Lipinski definition) is 1. The lowest BCUT2D eigenvalue weighted by molar-refractivity contribution is 0.597. The van der Waals surface area contributed by atoms with Gasteiger partial charge in [-0.2, -0.15) is 0 Å². The van der Waals surface area contributed by atoms with Crippen molar-refractivity contribution in [3.63, 3.8) is 0 Å². The Kier molecular flexibility index (Phi) is 4.01. The molecule has 1 aromatic carbocycles. The predicted molar refractivity (Wildman–Crippen MR) is 98.2 cm³/mol. The van der Waals surface area contributed by atoms with Crippen molar-refractivity contribution in [2.75, 3.05) is 0 Å². The molecule has 1 heterocycles. The smallest absolute Gasteiger partial charge is 0.225 e. The van der Waals surface area contributed by atoms with Gasteiger partial charge < -0.3 is 0 Å². The normalized spacial score (nSPS) is 26.0. The van der Waals surface area contributed by atoms with Gasteiger partial charge in [-0.25, -0.2) is 13.6 Å². The largest absolute Gasteiger partial charge is 0.238 e. The van der Waals surface area contributed by atoms with Gasteiger partial charge in [0.05, 0.1) is 4.90 Å². The zero-order valence-corrected chi connectivity index (χ0v) is 16.1. The van der Waals surface area contributed by atoms with E-state index in [0.29, 0.717) is 17.8 Å². The highest BCUT2D eigenvalue weighted by molar-refractivity contribution is 7.89. The summed E-state index contributed by atoms with van der Waals surface area (Å²) in [7, 11) is -3.65. The molecule has 0 spiro atoms. The van der Waals surface area contributed by atoms with Gasteiger partial charge in [-0.3, -0.25) is 0 Å². The molecular weight excluding hydrogens is 354 g/mol. The van der Waals surface area contributed by atoms with Crippen LogP contribution in [0.2, 0.25) is 0 Å². The molecule has 2 aromatic rings. The molecule has 0 unspecified atom stereocenters. The van der Waals surface area contributed by atoms with E-state index in [4.69, 9.17) is 5.14 Å². The molecule has 0 saturated heterocycles. The molecule has 2 fully saturated rings. The lowest BCUT2D eigenvalue weighted by atomic mass is 10.0. The summed E-state index contributed by atoms with van der Waals surface area (Å²) in [5, 5.41) is 16.5. The van der Waals surface area contributed by atoms with Crippen LogP contribution in [0.15, 0.2) is 29.2 Å². The number of aromatic nitrogens is 2. The van der Waals surface area contributed by atoms with Crippen LogP contribution < -0.4 is 5.14 Å². The van der Waals surface area contributed by atoms with Gasteiger partial charge in [0.2, 0.25) is 10.0 Å². The van der Waals surface area contributed by atoms with Crippen LogP contribution in [0, 0.1) is 5.41 Å². The second kappa shape index (κ2) is 5.86. The predicted octanol–water partition coefficient (Wildman–Crippen LogP) is 3.75. The third kappa shape index (κ3) is 3.02. The Labute approximate surface area is 152 Å². The van der Waals surface area contributed by atoms with Gasteiger partial charge in [-0.1, -0.05) is 38.8 Å². The van der Waals surface area contributed by atoms with Crippen molar-refractivity contribution in [2.24, 2.45) is 10.6 Å². The quantitative estimate of drug-likeness (QED) is 0.879. The highest BCUT2D eigenvalue weighted by Gasteiger charge is 2.60. The summed E-state index contributed by atoms with van der Waals surface area (Å²) in [6.07, 6.45) is 5.07. The van der Waals surface area contributed by atoms with E-state index >= 15 is 0 Å². The Morgan fingerprint density at radius 2 is 1.64 bits per heavy atom. The second-order valence-corrected chi connectivity index (χ2v) is 10.5. The molecule has 2 atom stereocenters. The molecule has 2 N–H and O–H groups in total. The first kappa shape index (κ1) is 17.1. The number of sulfonamides is 1. The van der Waals surface area contributed by atoms with E-state index in [9.17, 15) is 8.42 Å². The van der Waals surface area contributed by atoms with Gasteiger partial charge in [-0.05, 0) is 41.9 Å². The zero-order chi connectivity index (χ0) is 17.8. The molecule has 1 aromatic heterocycles. The topological polar surface area (TPSA) is 85.9 Å². The van der Waals surface area contributed by atoms with Crippen molar-refractivity contribution in [3.05, 3.63) is 39.8 Å². The minimum atomic E-state index is -3.65. The monoisotopic (exact) mass is 377 g/mol. The first-order valence-corrected chi connectivity index (χ1v) is 11.1. The average Bonchev–Trinajstić information content (AvgIpc) is 3.03. The molecular formula is C18H23N3O2S2. The van der Waals surface area contributed by atoms with E-state index in [1.807, 2.05) is 12.1 Å². The summed E-state index contributed by atoms with van der Waals surface area (Å²) in [5.41, 5.74) is 1.25. The fourth-order valence-corrected chi connectivity index (χ4v) is 6.16. The van der Waals surface area contributed by atoms with E-state index in [1.54, 1.807) is 23.5 Å². The van der Waals surface area contributed by atoms with Crippen molar-refractivity contribution in [1.82, 2.24) is 10.2 Å². The number of nitrogens with zero attached hydrogens (tertiary/aromatic N) is 2. The van der Waals surface area contributed by atoms with Gasteiger partial charge in [0.25, 0.3) is 0 Å². The maximum Gasteiger partial charge on any atom is 0.238 e. The SMILES string of the molecule is CC1(C)[C@@H](c2ccc(S(N)(=O)=O)cc2)[C@@H]1c1nnc(C2CCCC2)s1. The van der Waals surface area contributed by atoms with Gasteiger partial charge in [0.15, 0.2) is 0 Å². The number of benzene rings is 1. The van der Waals surface area contributed by atoms with E-state index < -0.39 is 10.0 Å². The molecule has 7 heteroatoms. The van der Waals surface area contributed by atoms with Gasteiger partial charge in [0, 0.05) is 11.8 Å². The molecule has 134 valence electrons. The van der Waals surface area contributed by atoms with Crippen LogP contribution in [-0.2, 0) is 10.0 Å². The van der Waals surface area contributed by atoms with Crippen molar-refractivity contribution in [3.8, 4) is 0 Å². The molecule has 25 heavy (non-hydrogen) atoms.